The van der Waals surface area contributed by atoms with Gasteiger partial charge < -0.3 is 15.4 Å². The first-order chi connectivity index (χ1) is 7.22. The third kappa shape index (κ3) is 6.70. The molecule has 1 aliphatic rings. The Hall–Kier alpha value is 0.180. The van der Waals surface area contributed by atoms with Crippen LogP contribution in [0, 0.1) is 0 Å². The van der Waals surface area contributed by atoms with E-state index in [1.165, 1.54) is 0 Å². The van der Waals surface area contributed by atoms with E-state index in [2.05, 4.69) is 38.1 Å². The Kier molecular flexibility index (Phi) is 9.34. The van der Waals surface area contributed by atoms with Crippen LogP contribution in [0.3, 0.4) is 0 Å². The number of ether oxygens (including phenoxy) is 1. The van der Waals surface area contributed by atoms with Crippen molar-refractivity contribution < 1.29 is 4.74 Å². The first kappa shape index (κ1) is 16.2. The summed E-state index contributed by atoms with van der Waals surface area (Å²) >= 11 is 3.29. The van der Waals surface area contributed by atoms with E-state index in [1.54, 1.807) is 7.05 Å². The van der Waals surface area contributed by atoms with Crippen molar-refractivity contribution >= 4 is 45.9 Å². The highest BCUT2D eigenvalue weighted by Gasteiger charge is 2.15. The summed E-state index contributed by atoms with van der Waals surface area (Å²) in [6.45, 7) is 6.12. The molecule has 0 radical (unpaired) electrons. The zero-order valence-electron chi connectivity index (χ0n) is 9.46. The number of hydrogen-bond acceptors (Lipinski definition) is 2. The van der Waals surface area contributed by atoms with Crippen LogP contribution in [-0.4, -0.2) is 38.8 Å². The summed E-state index contributed by atoms with van der Waals surface area (Å²) in [4.78, 5) is 4.10. The van der Waals surface area contributed by atoms with Crippen molar-refractivity contribution in [2.45, 2.75) is 18.9 Å². The lowest BCUT2D eigenvalue weighted by Crippen LogP contribution is -2.41. The third-order valence-electron chi connectivity index (χ3n) is 2.19. The number of guanidine groups is 1. The Morgan fingerprint density at radius 3 is 2.81 bits per heavy atom. The van der Waals surface area contributed by atoms with Gasteiger partial charge in [0, 0.05) is 31.2 Å². The Bertz CT molecular complexity index is 242. The highest BCUT2D eigenvalue weighted by Crippen LogP contribution is 2.10. The Morgan fingerprint density at radius 2 is 2.31 bits per heavy atom. The molecule has 1 unspecified atom stereocenters. The molecule has 4 nitrogen and oxygen atoms in total. The minimum Gasteiger partial charge on any atom is -0.376 e. The fourth-order valence-corrected chi connectivity index (χ4v) is 1.56. The molecule has 1 fully saturated rings. The van der Waals surface area contributed by atoms with E-state index in [-0.39, 0.29) is 24.0 Å². The summed E-state index contributed by atoms with van der Waals surface area (Å²) in [5.74, 6) is 0.783. The lowest BCUT2D eigenvalue weighted by molar-refractivity contribution is 0.114. The maximum absolute atomic E-state index is 5.50. The van der Waals surface area contributed by atoms with Crippen LogP contribution in [0.1, 0.15) is 12.8 Å². The topological polar surface area (TPSA) is 45.7 Å². The number of nitrogens with one attached hydrogen (secondary N) is 2. The number of nitrogens with zero attached hydrogens (tertiary/aromatic N) is 1. The molecule has 1 saturated heterocycles. The molecule has 0 aromatic rings. The van der Waals surface area contributed by atoms with E-state index in [9.17, 15) is 0 Å². The molecule has 0 amide bonds. The van der Waals surface area contributed by atoms with Gasteiger partial charge in [-0.3, -0.25) is 4.99 Å². The fourth-order valence-electron chi connectivity index (χ4n) is 1.42. The molecule has 0 aromatic heterocycles. The maximum atomic E-state index is 5.50. The Labute approximate surface area is 122 Å². The van der Waals surface area contributed by atoms with Crippen LogP contribution in [0.15, 0.2) is 16.1 Å². The third-order valence-corrected chi connectivity index (χ3v) is 2.47. The van der Waals surface area contributed by atoms with Gasteiger partial charge >= 0.3 is 0 Å². The van der Waals surface area contributed by atoms with Crippen molar-refractivity contribution in [2.24, 2.45) is 4.99 Å². The fraction of sp³-hybridized carbons (Fsp3) is 0.700. The summed E-state index contributed by atoms with van der Waals surface area (Å²) in [5, 5.41) is 6.35. The van der Waals surface area contributed by atoms with Crippen molar-refractivity contribution in [2.75, 3.05) is 26.7 Å². The van der Waals surface area contributed by atoms with Gasteiger partial charge in [-0.2, -0.15) is 0 Å². The Balaban J connectivity index is 0.00000225. The molecule has 2 N–H and O–H groups in total. The van der Waals surface area contributed by atoms with Gasteiger partial charge in [0.25, 0.3) is 0 Å². The molecule has 0 aromatic carbocycles. The normalized spacial score (nSPS) is 20.1. The summed E-state index contributed by atoms with van der Waals surface area (Å²) < 4.78 is 6.41. The van der Waals surface area contributed by atoms with Gasteiger partial charge in [0.2, 0.25) is 0 Å². The number of rotatable bonds is 4. The Morgan fingerprint density at radius 1 is 1.56 bits per heavy atom. The lowest BCUT2D eigenvalue weighted by atomic mass is 10.2. The molecule has 16 heavy (non-hydrogen) atoms. The van der Waals surface area contributed by atoms with E-state index in [1.807, 2.05) is 0 Å². The summed E-state index contributed by atoms with van der Waals surface area (Å²) in [7, 11) is 1.75. The van der Waals surface area contributed by atoms with Crippen molar-refractivity contribution in [3.05, 3.63) is 11.1 Å². The molecule has 1 aliphatic heterocycles. The zero-order chi connectivity index (χ0) is 11.1. The van der Waals surface area contributed by atoms with Gasteiger partial charge in [-0.05, 0) is 12.8 Å². The van der Waals surface area contributed by atoms with Crippen LogP contribution >= 0.6 is 39.9 Å². The highest BCUT2D eigenvalue weighted by atomic mass is 127. The monoisotopic (exact) mass is 403 g/mol. The molecule has 1 atom stereocenters. The SMILES string of the molecule is C=C(Br)CNC(=NC)NCC1CCCO1.I. The second kappa shape index (κ2) is 9.23. The van der Waals surface area contributed by atoms with Crippen LogP contribution in [0.5, 0.6) is 0 Å². The zero-order valence-corrected chi connectivity index (χ0v) is 13.4. The molecule has 1 rings (SSSR count). The van der Waals surface area contributed by atoms with Gasteiger partial charge in [-0.1, -0.05) is 22.5 Å². The van der Waals surface area contributed by atoms with Gasteiger partial charge in [-0.25, -0.2) is 0 Å². The highest BCUT2D eigenvalue weighted by molar-refractivity contribution is 14.0. The number of halogens is 2. The first-order valence-corrected chi connectivity index (χ1v) is 5.91. The van der Waals surface area contributed by atoms with E-state index >= 15 is 0 Å². The average Bonchev–Trinajstić information content (AvgIpc) is 2.70. The molecule has 1 heterocycles. The van der Waals surface area contributed by atoms with Gasteiger partial charge in [0.1, 0.15) is 0 Å². The van der Waals surface area contributed by atoms with E-state index in [0.29, 0.717) is 12.6 Å². The molecule has 0 saturated carbocycles. The first-order valence-electron chi connectivity index (χ1n) is 5.11. The van der Waals surface area contributed by atoms with Gasteiger partial charge in [0.05, 0.1) is 6.10 Å². The maximum Gasteiger partial charge on any atom is 0.191 e. The minimum absolute atomic E-state index is 0. The lowest BCUT2D eigenvalue weighted by Gasteiger charge is -2.14. The van der Waals surface area contributed by atoms with E-state index in [0.717, 1.165) is 36.4 Å². The number of hydrogen-bond donors (Lipinski definition) is 2. The van der Waals surface area contributed by atoms with Crippen LogP contribution < -0.4 is 10.6 Å². The summed E-state index contributed by atoms with van der Waals surface area (Å²) in [6.07, 6.45) is 2.63. The molecule has 0 bridgehead atoms. The second-order valence-corrected chi connectivity index (χ2v) is 4.58. The summed E-state index contributed by atoms with van der Waals surface area (Å²) in [5.41, 5.74) is 0. The smallest absolute Gasteiger partial charge is 0.191 e. The molecule has 6 heteroatoms. The van der Waals surface area contributed by atoms with E-state index < -0.39 is 0 Å². The van der Waals surface area contributed by atoms with Crippen molar-refractivity contribution in [1.29, 1.82) is 0 Å². The van der Waals surface area contributed by atoms with E-state index in [4.69, 9.17) is 4.74 Å². The van der Waals surface area contributed by atoms with Crippen LogP contribution in [-0.2, 0) is 4.74 Å². The van der Waals surface area contributed by atoms with Crippen LogP contribution in [0.25, 0.3) is 0 Å². The van der Waals surface area contributed by atoms with Gasteiger partial charge in [-0.15, -0.1) is 24.0 Å². The largest absolute Gasteiger partial charge is 0.376 e. The van der Waals surface area contributed by atoms with Gasteiger partial charge in [0.15, 0.2) is 5.96 Å². The summed E-state index contributed by atoms with van der Waals surface area (Å²) in [6, 6.07) is 0. The predicted octanol–water partition coefficient (Wildman–Crippen LogP) is 1.86. The second-order valence-electron chi connectivity index (χ2n) is 3.46. The average molecular weight is 404 g/mol. The van der Waals surface area contributed by atoms with Crippen molar-refractivity contribution in [3.8, 4) is 0 Å². The predicted molar refractivity (Wildman–Crippen MR) is 81.8 cm³/mol. The van der Waals surface area contributed by atoms with Crippen molar-refractivity contribution in [1.82, 2.24) is 10.6 Å². The molecular formula is C10H19BrIN3O. The van der Waals surface area contributed by atoms with Crippen molar-refractivity contribution in [3.63, 3.8) is 0 Å². The van der Waals surface area contributed by atoms with Crippen LogP contribution in [0.2, 0.25) is 0 Å². The molecule has 0 aliphatic carbocycles. The molecule has 94 valence electrons. The number of aliphatic imine (C=N–C) groups is 1. The minimum atomic E-state index is 0. The quantitative estimate of drug-likeness (QED) is 0.428. The molecule has 0 spiro atoms. The van der Waals surface area contributed by atoms with Crippen LogP contribution in [0.4, 0.5) is 0 Å². The standard InChI is InChI=1S/C10H18BrN3O.HI/c1-8(11)6-13-10(12-2)14-7-9-4-3-5-15-9;/h9H,1,3-7H2,2H3,(H2,12,13,14);1H. The molecular weight excluding hydrogens is 385 g/mol.